The summed E-state index contributed by atoms with van der Waals surface area (Å²) in [6, 6.07) is 0. The first-order valence-electron chi connectivity index (χ1n) is 2.48. The Bertz CT molecular complexity index is 86.5. The third-order valence-corrected chi connectivity index (χ3v) is 0.731. The molecule has 0 fully saturated rings. The predicted octanol–water partition coefficient (Wildman–Crippen LogP) is 0.423. The highest BCUT2D eigenvalue weighted by molar-refractivity contribution is 5.56. The van der Waals surface area contributed by atoms with Gasteiger partial charge < -0.3 is 5.11 Å². The normalized spacial score (nSPS) is 14.2. The first-order chi connectivity index (χ1) is 3.81. The van der Waals surface area contributed by atoms with Crippen molar-refractivity contribution in [3.8, 4) is 0 Å². The van der Waals surface area contributed by atoms with Crippen molar-refractivity contribution in [1.82, 2.24) is 0 Å². The minimum atomic E-state index is -0.939. The Labute approximate surface area is 48.8 Å². The fraction of sp³-hybridized carbons (Fsp3) is 0.500. The van der Waals surface area contributed by atoms with Crippen LogP contribution in [-0.2, 0) is 4.79 Å². The van der Waals surface area contributed by atoms with Gasteiger partial charge >= 0.3 is 0 Å². The maximum Gasteiger partial charge on any atom is 0.229 e. The maximum absolute atomic E-state index is 9.60. The second-order valence-electron chi connectivity index (χ2n) is 1.44. The molecule has 1 N–H and O–H groups in total. The van der Waals surface area contributed by atoms with E-state index in [1.807, 2.05) is 6.92 Å². The highest BCUT2D eigenvalue weighted by atomic mass is 16.3. The standard InChI is InChI=1S/C6H9O2/c1-2-3-4-6(8)5-7/h2-3,6,8H,4H2,1H3/b3-2+. The molecule has 2 heteroatoms. The summed E-state index contributed by atoms with van der Waals surface area (Å²) in [4.78, 5) is 9.60. The van der Waals surface area contributed by atoms with E-state index < -0.39 is 6.10 Å². The third kappa shape index (κ3) is 3.56. The second kappa shape index (κ2) is 4.53. The average molecular weight is 113 g/mol. The van der Waals surface area contributed by atoms with E-state index in [0.717, 1.165) is 0 Å². The molecule has 45 valence electrons. The molecule has 8 heavy (non-hydrogen) atoms. The molecule has 0 amide bonds. The van der Waals surface area contributed by atoms with Gasteiger partial charge in [0.2, 0.25) is 6.29 Å². The van der Waals surface area contributed by atoms with Crippen molar-refractivity contribution in [3.63, 3.8) is 0 Å². The van der Waals surface area contributed by atoms with Gasteiger partial charge in [-0.05, 0) is 13.3 Å². The van der Waals surface area contributed by atoms with Crippen LogP contribution >= 0.6 is 0 Å². The van der Waals surface area contributed by atoms with Gasteiger partial charge in [0.25, 0.3) is 0 Å². The van der Waals surface area contributed by atoms with Crippen LogP contribution in [0.25, 0.3) is 0 Å². The number of allylic oxidation sites excluding steroid dienone is 1. The molecule has 0 aromatic rings. The number of rotatable bonds is 3. The number of hydrogen-bond acceptors (Lipinski definition) is 2. The van der Waals surface area contributed by atoms with Crippen LogP contribution < -0.4 is 0 Å². The molecule has 0 saturated heterocycles. The van der Waals surface area contributed by atoms with E-state index in [4.69, 9.17) is 5.11 Å². The first-order valence-corrected chi connectivity index (χ1v) is 2.48. The lowest BCUT2D eigenvalue weighted by molar-refractivity contribution is 0.238. The van der Waals surface area contributed by atoms with Crippen LogP contribution in [0.2, 0.25) is 0 Å². The fourth-order valence-corrected chi connectivity index (χ4v) is 0.313. The molecule has 0 bridgehead atoms. The fourth-order valence-electron chi connectivity index (χ4n) is 0.313. The summed E-state index contributed by atoms with van der Waals surface area (Å²) < 4.78 is 0. The van der Waals surface area contributed by atoms with Gasteiger partial charge in [-0.15, -0.1) is 0 Å². The zero-order valence-electron chi connectivity index (χ0n) is 4.79. The lowest BCUT2D eigenvalue weighted by Gasteiger charge is -1.91. The summed E-state index contributed by atoms with van der Waals surface area (Å²) in [7, 11) is 0. The Kier molecular flexibility index (Phi) is 4.17. The number of aliphatic hydroxyl groups excluding tert-OH is 1. The quantitative estimate of drug-likeness (QED) is 0.539. The zero-order valence-corrected chi connectivity index (χ0v) is 4.79. The number of aliphatic hydroxyl groups is 1. The van der Waals surface area contributed by atoms with Crippen LogP contribution in [-0.4, -0.2) is 17.5 Å². The van der Waals surface area contributed by atoms with E-state index >= 15 is 0 Å². The van der Waals surface area contributed by atoms with Gasteiger partial charge in [0.05, 0.1) is 0 Å². The number of hydrogen-bond donors (Lipinski definition) is 1. The van der Waals surface area contributed by atoms with Gasteiger partial charge in [0, 0.05) is 0 Å². The van der Waals surface area contributed by atoms with Crippen LogP contribution in [0.4, 0.5) is 0 Å². The highest BCUT2D eigenvalue weighted by Gasteiger charge is 1.95. The Hall–Kier alpha value is -0.630. The topological polar surface area (TPSA) is 37.3 Å². The predicted molar refractivity (Wildman–Crippen MR) is 31.1 cm³/mol. The van der Waals surface area contributed by atoms with Crippen molar-refractivity contribution in [2.24, 2.45) is 0 Å². The summed E-state index contributed by atoms with van der Waals surface area (Å²) >= 11 is 0. The summed E-state index contributed by atoms with van der Waals surface area (Å²) in [5.41, 5.74) is 0. The van der Waals surface area contributed by atoms with Crippen LogP contribution in [0.5, 0.6) is 0 Å². The zero-order chi connectivity index (χ0) is 6.41. The summed E-state index contributed by atoms with van der Waals surface area (Å²) in [6.45, 7) is 1.83. The molecular weight excluding hydrogens is 104 g/mol. The second-order valence-corrected chi connectivity index (χ2v) is 1.44. The lowest BCUT2D eigenvalue weighted by atomic mass is 10.3. The molecule has 0 aliphatic heterocycles. The smallest absolute Gasteiger partial charge is 0.229 e. The third-order valence-electron chi connectivity index (χ3n) is 0.731. The van der Waals surface area contributed by atoms with E-state index in [9.17, 15) is 4.79 Å². The first kappa shape index (κ1) is 7.37. The van der Waals surface area contributed by atoms with Crippen molar-refractivity contribution in [2.75, 3.05) is 0 Å². The monoisotopic (exact) mass is 113 g/mol. The van der Waals surface area contributed by atoms with Gasteiger partial charge in [0.1, 0.15) is 6.10 Å². The van der Waals surface area contributed by atoms with E-state index in [2.05, 4.69) is 0 Å². The molecule has 0 aliphatic carbocycles. The highest BCUT2D eigenvalue weighted by Crippen LogP contribution is 1.87. The molecule has 1 unspecified atom stereocenters. The average Bonchev–Trinajstić information content (AvgIpc) is 1.83. The summed E-state index contributed by atoms with van der Waals surface area (Å²) in [5, 5.41) is 8.51. The molecule has 0 saturated carbocycles. The molecule has 0 aromatic carbocycles. The van der Waals surface area contributed by atoms with Crippen LogP contribution in [0.3, 0.4) is 0 Å². The van der Waals surface area contributed by atoms with Crippen molar-refractivity contribution >= 4 is 6.29 Å². The summed E-state index contributed by atoms with van der Waals surface area (Å²) in [5.74, 6) is 0. The van der Waals surface area contributed by atoms with E-state index in [1.165, 1.54) is 6.29 Å². The molecule has 0 spiro atoms. The van der Waals surface area contributed by atoms with Crippen LogP contribution in [0.1, 0.15) is 13.3 Å². The van der Waals surface area contributed by atoms with Gasteiger partial charge in [-0.2, -0.15) is 0 Å². The van der Waals surface area contributed by atoms with Gasteiger partial charge in [-0.25, -0.2) is 0 Å². The molecule has 0 aliphatic rings. The van der Waals surface area contributed by atoms with Crippen molar-refractivity contribution in [3.05, 3.63) is 12.2 Å². The Morgan fingerprint density at radius 1 is 1.88 bits per heavy atom. The Balaban J connectivity index is 3.23. The van der Waals surface area contributed by atoms with E-state index in [-0.39, 0.29) is 0 Å². The Morgan fingerprint density at radius 2 is 2.50 bits per heavy atom. The Morgan fingerprint density at radius 3 is 2.88 bits per heavy atom. The molecule has 2 nitrogen and oxygen atoms in total. The van der Waals surface area contributed by atoms with Gasteiger partial charge in [-0.3, -0.25) is 4.79 Å². The number of carbonyl (C=O) groups excluding carboxylic acids is 1. The molecule has 1 radical (unpaired) electrons. The van der Waals surface area contributed by atoms with Crippen LogP contribution in [0.15, 0.2) is 12.2 Å². The van der Waals surface area contributed by atoms with Crippen molar-refractivity contribution in [1.29, 1.82) is 0 Å². The van der Waals surface area contributed by atoms with Gasteiger partial charge in [-0.1, -0.05) is 12.2 Å². The SMILES string of the molecule is C/C=C/CC(O)[C]=O. The minimum Gasteiger partial charge on any atom is -0.384 e. The van der Waals surface area contributed by atoms with Gasteiger partial charge in [0.15, 0.2) is 0 Å². The molecule has 0 aromatic heterocycles. The van der Waals surface area contributed by atoms with Crippen molar-refractivity contribution < 1.29 is 9.90 Å². The lowest BCUT2D eigenvalue weighted by Crippen LogP contribution is -2.04. The largest absolute Gasteiger partial charge is 0.384 e. The molecule has 1 atom stereocenters. The molecule has 0 heterocycles. The summed E-state index contributed by atoms with van der Waals surface area (Å²) in [6.07, 6.45) is 4.39. The van der Waals surface area contributed by atoms with E-state index in [1.54, 1.807) is 12.2 Å². The molecular formula is C6H9O2. The van der Waals surface area contributed by atoms with Crippen LogP contribution in [0, 0.1) is 0 Å². The maximum atomic E-state index is 9.60. The van der Waals surface area contributed by atoms with E-state index in [0.29, 0.717) is 6.42 Å². The molecule has 0 rings (SSSR count). The van der Waals surface area contributed by atoms with Crippen molar-refractivity contribution in [2.45, 2.75) is 19.4 Å². The minimum absolute atomic E-state index is 0.375.